The molecule has 0 saturated heterocycles. The van der Waals surface area contributed by atoms with Crippen LogP contribution in [0, 0.1) is 11.6 Å². The van der Waals surface area contributed by atoms with E-state index in [1.807, 2.05) is 24.9 Å². The number of imidazole rings is 2. The molecule has 3 aromatic heterocycles. The van der Waals surface area contributed by atoms with Gasteiger partial charge in [-0.2, -0.15) is 4.37 Å². The van der Waals surface area contributed by atoms with Crippen LogP contribution in [0.1, 0.15) is 44.2 Å². The first-order chi connectivity index (χ1) is 20.2. The minimum atomic E-state index is -1.12. The van der Waals surface area contributed by atoms with Gasteiger partial charge in [0.05, 0.1) is 16.9 Å². The number of hydrogen-bond acceptors (Lipinski definition) is 8. The molecule has 216 valence electrons. The second-order valence-corrected chi connectivity index (χ2v) is 10.4. The highest BCUT2D eigenvalue weighted by atomic mass is 35.5. The highest BCUT2D eigenvalue weighted by Crippen LogP contribution is 2.37. The van der Waals surface area contributed by atoms with Gasteiger partial charge in [0.2, 0.25) is 5.91 Å². The van der Waals surface area contributed by atoms with Crippen LogP contribution in [-0.4, -0.2) is 48.6 Å². The molecule has 2 aromatic carbocycles. The minimum absolute atomic E-state index is 0.0378. The van der Waals surface area contributed by atoms with E-state index < -0.39 is 29.5 Å². The van der Waals surface area contributed by atoms with Gasteiger partial charge in [-0.3, -0.25) is 14.4 Å². The number of rotatable bonds is 6. The maximum Gasteiger partial charge on any atom is 0.277 e. The molecule has 0 fully saturated rings. The van der Waals surface area contributed by atoms with Crippen molar-refractivity contribution in [1.82, 2.24) is 34.1 Å². The second kappa shape index (κ2) is 12.1. The number of aldehydes is 1. The zero-order valence-corrected chi connectivity index (χ0v) is 23.8. The lowest BCUT2D eigenvalue weighted by Crippen LogP contribution is -2.40. The number of aryl methyl sites for hydroxylation is 1. The van der Waals surface area contributed by atoms with Crippen LogP contribution < -0.4 is 16.0 Å². The lowest BCUT2D eigenvalue weighted by molar-refractivity contribution is -0.123. The first-order valence-electron chi connectivity index (χ1n) is 12.5. The number of halogens is 3. The van der Waals surface area contributed by atoms with Crippen molar-refractivity contribution in [3.63, 3.8) is 0 Å². The van der Waals surface area contributed by atoms with Crippen LogP contribution in [0.15, 0.2) is 48.8 Å². The zero-order valence-electron chi connectivity index (χ0n) is 22.2. The Morgan fingerprint density at radius 2 is 2.10 bits per heavy atom. The highest BCUT2D eigenvalue weighted by Gasteiger charge is 2.35. The van der Waals surface area contributed by atoms with Gasteiger partial charge < -0.3 is 25.1 Å². The van der Waals surface area contributed by atoms with E-state index in [1.54, 1.807) is 6.20 Å². The summed E-state index contributed by atoms with van der Waals surface area (Å²) in [6, 6.07) is 6.88. The van der Waals surface area contributed by atoms with Crippen LogP contribution >= 0.6 is 23.1 Å². The van der Waals surface area contributed by atoms with Crippen molar-refractivity contribution in [2.24, 2.45) is 7.05 Å². The Kier molecular flexibility index (Phi) is 8.38. The predicted molar refractivity (Wildman–Crippen MR) is 153 cm³/mol. The molecular weight excluding hydrogens is 590 g/mol. The smallest absolute Gasteiger partial charge is 0.277 e. The summed E-state index contributed by atoms with van der Waals surface area (Å²) in [5.74, 6) is -1.57. The maximum absolute atomic E-state index is 14.7. The Morgan fingerprint density at radius 3 is 2.79 bits per heavy atom. The SMILES string of the molecule is CNCc1nccn1C.O=Cc1nc(NC(=O)c2nsc3ccc(F)cc23)c2n1CC(=O)NC2c1c(F)cccc1Cl. The number of nitrogens with zero attached hydrogens (tertiary/aromatic N) is 5. The van der Waals surface area contributed by atoms with Crippen molar-refractivity contribution >= 4 is 57.1 Å². The normalized spacial score (nSPS) is 14.1. The van der Waals surface area contributed by atoms with Crippen LogP contribution in [-0.2, 0) is 24.9 Å². The first-order valence-corrected chi connectivity index (χ1v) is 13.6. The molecule has 2 amide bonds. The van der Waals surface area contributed by atoms with E-state index in [0.717, 1.165) is 23.9 Å². The topological polar surface area (TPSA) is 136 Å². The van der Waals surface area contributed by atoms with Gasteiger partial charge in [-0.25, -0.2) is 18.7 Å². The molecule has 0 saturated carbocycles. The summed E-state index contributed by atoms with van der Waals surface area (Å²) in [6.45, 7) is 0.573. The van der Waals surface area contributed by atoms with Gasteiger partial charge in [0.25, 0.3) is 5.91 Å². The molecule has 6 rings (SSSR count). The lowest BCUT2D eigenvalue weighted by atomic mass is 10.0. The molecule has 3 N–H and O–H groups in total. The molecule has 5 aromatic rings. The summed E-state index contributed by atoms with van der Waals surface area (Å²) < 4.78 is 36.4. The minimum Gasteiger partial charge on any atom is -0.342 e. The average Bonchev–Trinajstić information content (AvgIpc) is 3.66. The Bertz CT molecular complexity index is 1800. The molecule has 42 heavy (non-hydrogen) atoms. The van der Waals surface area contributed by atoms with Gasteiger partial charge in [-0.15, -0.1) is 0 Å². The molecule has 1 aliphatic rings. The number of benzene rings is 2. The second-order valence-electron chi connectivity index (χ2n) is 9.15. The largest absolute Gasteiger partial charge is 0.342 e. The lowest BCUT2D eigenvalue weighted by Gasteiger charge is -2.28. The number of anilines is 1. The monoisotopic (exact) mass is 612 g/mol. The molecule has 0 spiro atoms. The number of hydrogen-bond donors (Lipinski definition) is 3. The van der Waals surface area contributed by atoms with Crippen molar-refractivity contribution in [3.05, 3.63) is 94.0 Å². The molecule has 1 aliphatic heterocycles. The van der Waals surface area contributed by atoms with Gasteiger partial charge in [0.15, 0.2) is 17.9 Å². The van der Waals surface area contributed by atoms with E-state index >= 15 is 0 Å². The molecule has 1 unspecified atom stereocenters. The fraction of sp³-hybridized carbons (Fsp3) is 0.185. The standard InChI is InChI=1S/C21H12ClF2N5O3S.C6H11N3/c22-11-2-1-3-12(24)16(11)18-19-20(25-14(8-30)29(19)7-15(31)26-18)27-21(32)17-10-6-9(23)4-5-13(10)33-28-17;1-7-5-6-8-3-4-9(6)2/h1-6,8,18H,7H2,(H,26,31)(H,27,32);3-4,7H,5H2,1-2H3. The van der Waals surface area contributed by atoms with Crippen molar-refractivity contribution in [2.75, 3.05) is 12.4 Å². The van der Waals surface area contributed by atoms with Crippen LogP contribution in [0.2, 0.25) is 5.02 Å². The van der Waals surface area contributed by atoms with Crippen molar-refractivity contribution in [3.8, 4) is 0 Å². The third-order valence-corrected chi connectivity index (χ3v) is 7.60. The molecule has 15 heteroatoms. The summed E-state index contributed by atoms with van der Waals surface area (Å²) in [4.78, 5) is 45.2. The quantitative estimate of drug-likeness (QED) is 0.248. The molecule has 0 aliphatic carbocycles. The van der Waals surface area contributed by atoms with E-state index in [0.29, 0.717) is 16.4 Å². The number of carbonyl (C=O) groups is 3. The summed E-state index contributed by atoms with van der Waals surface area (Å²) in [6.07, 6.45) is 4.16. The van der Waals surface area contributed by atoms with Gasteiger partial charge in [-0.1, -0.05) is 17.7 Å². The van der Waals surface area contributed by atoms with Gasteiger partial charge >= 0.3 is 0 Å². The van der Waals surface area contributed by atoms with E-state index in [2.05, 4.69) is 30.3 Å². The molecule has 0 bridgehead atoms. The third kappa shape index (κ3) is 5.64. The van der Waals surface area contributed by atoms with E-state index in [1.165, 1.54) is 41.0 Å². The number of amides is 2. The number of fused-ring (bicyclic) bond motifs is 2. The van der Waals surface area contributed by atoms with E-state index in [4.69, 9.17) is 11.6 Å². The molecule has 1 atom stereocenters. The Balaban J connectivity index is 0.000000336. The first kappa shape index (κ1) is 29.0. The summed E-state index contributed by atoms with van der Waals surface area (Å²) in [5.41, 5.74) is 0.0921. The number of nitrogens with one attached hydrogen (secondary N) is 3. The van der Waals surface area contributed by atoms with Crippen LogP contribution in [0.3, 0.4) is 0 Å². The molecular formula is C27H23ClF2N8O3S. The predicted octanol–water partition coefficient (Wildman–Crippen LogP) is 3.85. The summed E-state index contributed by atoms with van der Waals surface area (Å²) in [7, 11) is 3.90. The van der Waals surface area contributed by atoms with Crippen LogP contribution in [0.4, 0.5) is 14.6 Å². The van der Waals surface area contributed by atoms with Gasteiger partial charge in [0, 0.05) is 35.4 Å². The molecule has 4 heterocycles. The van der Waals surface area contributed by atoms with Crippen molar-refractivity contribution < 1.29 is 23.2 Å². The molecule has 11 nitrogen and oxygen atoms in total. The Morgan fingerprint density at radius 1 is 1.29 bits per heavy atom. The van der Waals surface area contributed by atoms with Crippen LogP contribution in [0.25, 0.3) is 10.1 Å². The zero-order chi connectivity index (χ0) is 30.0. The fourth-order valence-corrected chi connectivity index (χ4v) is 5.53. The number of aromatic nitrogens is 5. The summed E-state index contributed by atoms with van der Waals surface area (Å²) in [5, 5.41) is 8.58. The highest BCUT2D eigenvalue weighted by molar-refractivity contribution is 7.13. The Hall–Kier alpha value is -4.53. The Labute approximate surface area is 246 Å². The van der Waals surface area contributed by atoms with E-state index in [-0.39, 0.29) is 40.2 Å². The molecule has 0 radical (unpaired) electrons. The third-order valence-electron chi connectivity index (χ3n) is 6.45. The maximum atomic E-state index is 14.7. The van der Waals surface area contributed by atoms with E-state index in [9.17, 15) is 23.2 Å². The van der Waals surface area contributed by atoms with Crippen molar-refractivity contribution in [2.45, 2.75) is 19.1 Å². The fourth-order valence-electron chi connectivity index (χ4n) is 4.50. The van der Waals surface area contributed by atoms with Crippen LogP contribution in [0.5, 0.6) is 0 Å². The summed E-state index contributed by atoms with van der Waals surface area (Å²) >= 11 is 7.23. The van der Waals surface area contributed by atoms with Gasteiger partial charge in [-0.05, 0) is 48.9 Å². The average molecular weight is 613 g/mol. The van der Waals surface area contributed by atoms with Gasteiger partial charge in [0.1, 0.15) is 35.7 Å². The van der Waals surface area contributed by atoms with Crippen molar-refractivity contribution in [1.29, 1.82) is 0 Å². The number of carbonyl (C=O) groups excluding carboxylic acids is 3.